The van der Waals surface area contributed by atoms with Crippen LogP contribution in [-0.4, -0.2) is 50.0 Å². The molecule has 0 bridgehead atoms. The smallest absolute Gasteiger partial charge is 0.191 e. The quantitative estimate of drug-likeness (QED) is 0.532. The summed E-state index contributed by atoms with van der Waals surface area (Å²) in [7, 11) is 0. The van der Waals surface area contributed by atoms with Crippen molar-refractivity contribution in [1.82, 2.24) is 10.6 Å². The first-order valence-electron chi connectivity index (χ1n) is 8.25. The Kier molecular flexibility index (Phi) is 5.49. The number of aliphatic imine (C=N–C) groups is 1. The van der Waals surface area contributed by atoms with E-state index in [0.717, 1.165) is 58.1 Å². The number of hydrogen-bond acceptors (Lipinski definition) is 3. The molecule has 0 spiro atoms. The summed E-state index contributed by atoms with van der Waals surface area (Å²) < 4.78 is 5.27. The van der Waals surface area contributed by atoms with Gasteiger partial charge in [0.25, 0.3) is 0 Å². The maximum absolute atomic E-state index is 10.3. The van der Waals surface area contributed by atoms with Gasteiger partial charge >= 0.3 is 0 Å². The first-order chi connectivity index (χ1) is 9.97. The predicted octanol–water partition coefficient (Wildman–Crippen LogP) is 1.52. The van der Waals surface area contributed by atoms with Crippen LogP contribution < -0.4 is 10.6 Å². The monoisotopic (exact) mass is 297 g/mol. The van der Waals surface area contributed by atoms with E-state index in [-0.39, 0.29) is 16.9 Å². The van der Waals surface area contributed by atoms with E-state index in [0.29, 0.717) is 0 Å². The molecule has 122 valence electrons. The molecule has 5 nitrogen and oxygen atoms in total. The summed E-state index contributed by atoms with van der Waals surface area (Å²) in [5, 5.41) is 17.0. The fraction of sp³-hybridized carbons (Fsp3) is 0.938. The van der Waals surface area contributed by atoms with Crippen LogP contribution in [0.3, 0.4) is 0 Å². The largest absolute Gasteiger partial charge is 0.392 e. The van der Waals surface area contributed by atoms with Gasteiger partial charge in [0.05, 0.1) is 25.9 Å². The average Bonchev–Trinajstić information content (AvgIpc) is 2.43. The fourth-order valence-electron chi connectivity index (χ4n) is 3.03. The third-order valence-corrected chi connectivity index (χ3v) is 4.80. The molecule has 0 amide bonds. The summed E-state index contributed by atoms with van der Waals surface area (Å²) >= 11 is 0. The summed E-state index contributed by atoms with van der Waals surface area (Å²) in [6.45, 7) is 10.4. The first kappa shape index (κ1) is 16.6. The zero-order valence-electron chi connectivity index (χ0n) is 13.7. The Labute approximate surface area is 128 Å². The third kappa shape index (κ3) is 4.33. The van der Waals surface area contributed by atoms with Crippen molar-refractivity contribution in [2.24, 2.45) is 15.8 Å². The van der Waals surface area contributed by atoms with Gasteiger partial charge in [0, 0.05) is 23.9 Å². The Hall–Kier alpha value is -0.810. The van der Waals surface area contributed by atoms with Gasteiger partial charge in [-0.2, -0.15) is 0 Å². The molecule has 0 radical (unpaired) electrons. The number of nitrogens with zero attached hydrogens (tertiary/aromatic N) is 1. The lowest BCUT2D eigenvalue weighted by molar-refractivity contribution is -0.0945. The third-order valence-electron chi connectivity index (χ3n) is 4.80. The van der Waals surface area contributed by atoms with E-state index in [1.807, 2.05) is 0 Å². The van der Waals surface area contributed by atoms with Gasteiger partial charge in [-0.15, -0.1) is 0 Å². The Bertz CT molecular complexity index is 369. The average molecular weight is 297 g/mol. The van der Waals surface area contributed by atoms with E-state index >= 15 is 0 Å². The lowest BCUT2D eigenvalue weighted by atomic mass is 9.73. The molecule has 2 aliphatic rings. The molecular weight excluding hydrogens is 266 g/mol. The van der Waals surface area contributed by atoms with Crippen molar-refractivity contribution in [3.8, 4) is 0 Å². The van der Waals surface area contributed by atoms with Crippen LogP contribution in [0.2, 0.25) is 0 Å². The van der Waals surface area contributed by atoms with Crippen LogP contribution >= 0.6 is 0 Å². The lowest BCUT2D eigenvalue weighted by Crippen LogP contribution is -2.49. The molecule has 5 heteroatoms. The fourth-order valence-corrected chi connectivity index (χ4v) is 3.03. The van der Waals surface area contributed by atoms with Crippen molar-refractivity contribution >= 4 is 5.96 Å². The zero-order valence-corrected chi connectivity index (χ0v) is 13.7. The van der Waals surface area contributed by atoms with Gasteiger partial charge in [-0.3, -0.25) is 4.99 Å². The van der Waals surface area contributed by atoms with Gasteiger partial charge in [0.15, 0.2) is 5.96 Å². The molecule has 0 aromatic rings. The van der Waals surface area contributed by atoms with Gasteiger partial charge in [-0.25, -0.2) is 0 Å². The SMILES string of the molecule is CCNC(=NCC1(C)COC1)NCC1(C)CCCCC1O. The number of aliphatic hydroxyl groups excluding tert-OH is 1. The number of aliphatic hydroxyl groups is 1. The molecule has 21 heavy (non-hydrogen) atoms. The second-order valence-corrected chi connectivity index (χ2v) is 7.27. The zero-order chi connectivity index (χ0) is 15.3. The predicted molar refractivity (Wildman–Crippen MR) is 85.5 cm³/mol. The summed E-state index contributed by atoms with van der Waals surface area (Å²) in [5.41, 5.74) is 0.147. The minimum absolute atomic E-state index is 0.0437. The van der Waals surface area contributed by atoms with Gasteiger partial charge in [0.1, 0.15) is 0 Å². The van der Waals surface area contributed by atoms with Crippen LogP contribution in [0.25, 0.3) is 0 Å². The second kappa shape index (κ2) is 6.97. The van der Waals surface area contributed by atoms with E-state index in [2.05, 4.69) is 36.4 Å². The first-order valence-corrected chi connectivity index (χ1v) is 8.25. The standard InChI is InChI=1S/C16H31N3O2/c1-4-17-14(18-9-15(2)11-21-12-15)19-10-16(3)8-6-5-7-13(16)20/h13,20H,4-12H2,1-3H3,(H2,17,18,19). The highest BCUT2D eigenvalue weighted by molar-refractivity contribution is 5.79. The number of nitrogens with one attached hydrogen (secondary N) is 2. The van der Waals surface area contributed by atoms with Crippen molar-refractivity contribution in [2.45, 2.75) is 52.6 Å². The molecule has 1 aliphatic heterocycles. The summed E-state index contributed by atoms with van der Waals surface area (Å²) in [6.07, 6.45) is 4.13. The highest BCUT2D eigenvalue weighted by atomic mass is 16.5. The summed E-state index contributed by atoms with van der Waals surface area (Å²) in [4.78, 5) is 4.68. The van der Waals surface area contributed by atoms with Crippen LogP contribution in [-0.2, 0) is 4.74 Å². The Balaban J connectivity index is 1.88. The minimum atomic E-state index is -0.209. The Morgan fingerprint density at radius 2 is 2.05 bits per heavy atom. The molecule has 1 aliphatic carbocycles. The van der Waals surface area contributed by atoms with E-state index in [4.69, 9.17) is 4.74 Å². The van der Waals surface area contributed by atoms with Gasteiger partial charge in [-0.1, -0.05) is 26.7 Å². The highest BCUT2D eigenvalue weighted by Crippen LogP contribution is 2.35. The molecule has 3 N–H and O–H groups in total. The van der Waals surface area contributed by atoms with E-state index in [9.17, 15) is 5.11 Å². The highest BCUT2D eigenvalue weighted by Gasteiger charge is 2.36. The molecule has 2 unspecified atom stereocenters. The van der Waals surface area contributed by atoms with Crippen molar-refractivity contribution in [2.75, 3.05) is 32.8 Å². The molecule has 2 fully saturated rings. The van der Waals surface area contributed by atoms with Crippen LogP contribution in [0, 0.1) is 10.8 Å². The Morgan fingerprint density at radius 3 is 2.62 bits per heavy atom. The van der Waals surface area contributed by atoms with Crippen LogP contribution in [0.4, 0.5) is 0 Å². The number of hydrogen-bond donors (Lipinski definition) is 3. The summed E-state index contributed by atoms with van der Waals surface area (Å²) in [6, 6.07) is 0. The molecule has 1 saturated carbocycles. The molecule has 1 heterocycles. The van der Waals surface area contributed by atoms with Crippen LogP contribution in [0.15, 0.2) is 4.99 Å². The minimum Gasteiger partial charge on any atom is -0.392 e. The molecule has 1 saturated heterocycles. The normalized spacial score (nSPS) is 32.4. The van der Waals surface area contributed by atoms with Crippen molar-refractivity contribution < 1.29 is 9.84 Å². The maximum Gasteiger partial charge on any atom is 0.191 e. The molecule has 0 aromatic heterocycles. The van der Waals surface area contributed by atoms with Crippen LogP contribution in [0.5, 0.6) is 0 Å². The van der Waals surface area contributed by atoms with E-state index < -0.39 is 0 Å². The summed E-state index contributed by atoms with van der Waals surface area (Å²) in [5.74, 6) is 0.852. The number of guanidine groups is 1. The van der Waals surface area contributed by atoms with Crippen molar-refractivity contribution in [3.05, 3.63) is 0 Å². The number of ether oxygens (including phenoxy) is 1. The van der Waals surface area contributed by atoms with Crippen LogP contribution in [0.1, 0.15) is 46.5 Å². The maximum atomic E-state index is 10.3. The van der Waals surface area contributed by atoms with Gasteiger partial charge in [-0.05, 0) is 19.8 Å². The molecule has 0 aromatic carbocycles. The van der Waals surface area contributed by atoms with E-state index in [1.165, 1.54) is 6.42 Å². The second-order valence-electron chi connectivity index (χ2n) is 7.27. The molecule has 2 atom stereocenters. The lowest BCUT2D eigenvalue weighted by Gasteiger charge is -2.39. The Morgan fingerprint density at radius 1 is 1.29 bits per heavy atom. The van der Waals surface area contributed by atoms with Gasteiger partial charge in [0.2, 0.25) is 0 Å². The molecule has 2 rings (SSSR count). The molecular formula is C16H31N3O2. The van der Waals surface area contributed by atoms with Gasteiger partial charge < -0.3 is 20.5 Å². The van der Waals surface area contributed by atoms with Crippen molar-refractivity contribution in [1.29, 1.82) is 0 Å². The topological polar surface area (TPSA) is 65.9 Å². The van der Waals surface area contributed by atoms with E-state index in [1.54, 1.807) is 0 Å². The van der Waals surface area contributed by atoms with Crippen molar-refractivity contribution in [3.63, 3.8) is 0 Å². The number of rotatable bonds is 5.